The van der Waals surface area contributed by atoms with Crippen LogP contribution in [0.4, 0.5) is 5.82 Å². The molecule has 0 radical (unpaired) electrons. The first kappa shape index (κ1) is 14.4. The van der Waals surface area contributed by atoms with Gasteiger partial charge >= 0.3 is 0 Å². The van der Waals surface area contributed by atoms with Crippen molar-refractivity contribution in [2.45, 2.75) is 13.8 Å². The van der Waals surface area contributed by atoms with E-state index in [2.05, 4.69) is 10.3 Å². The van der Waals surface area contributed by atoms with Crippen LogP contribution in [0.1, 0.15) is 23.0 Å². The average molecular weight is 271 g/mol. The van der Waals surface area contributed by atoms with Gasteiger partial charge in [0.25, 0.3) is 5.91 Å². The number of aryl methyl sites for hydroxylation is 1. The monoisotopic (exact) mass is 271 g/mol. The van der Waals surface area contributed by atoms with Gasteiger partial charge in [0.05, 0.1) is 5.75 Å². The van der Waals surface area contributed by atoms with Gasteiger partial charge in [-0.15, -0.1) is 0 Å². The number of nitrogens with one attached hydrogen (secondary N) is 1. The first-order valence-corrected chi connectivity index (χ1v) is 7.39. The van der Waals surface area contributed by atoms with Crippen molar-refractivity contribution in [3.63, 3.8) is 0 Å². The fourth-order valence-corrected chi connectivity index (χ4v) is 2.09. The maximum absolute atomic E-state index is 11.7. The molecule has 1 amide bonds. The Hall–Kier alpha value is -1.63. The molecule has 1 heterocycles. The second-order valence-corrected chi connectivity index (χ2v) is 6.39. The number of anilines is 1. The van der Waals surface area contributed by atoms with Crippen LogP contribution < -0.4 is 11.1 Å². The van der Waals surface area contributed by atoms with Gasteiger partial charge in [-0.05, 0) is 19.1 Å². The van der Waals surface area contributed by atoms with Crippen LogP contribution in [-0.2, 0) is 9.84 Å². The van der Waals surface area contributed by atoms with Crippen molar-refractivity contribution in [1.29, 1.82) is 0 Å². The van der Waals surface area contributed by atoms with Gasteiger partial charge in [-0.3, -0.25) is 4.79 Å². The van der Waals surface area contributed by atoms with E-state index in [0.717, 1.165) is 0 Å². The SMILES string of the molecule is CCS(=O)(=O)CCNC(=O)c1cc(C)nc(N)c1. The van der Waals surface area contributed by atoms with Gasteiger partial charge in [0.15, 0.2) is 9.84 Å². The van der Waals surface area contributed by atoms with E-state index >= 15 is 0 Å². The van der Waals surface area contributed by atoms with Crippen LogP contribution in [0.25, 0.3) is 0 Å². The summed E-state index contributed by atoms with van der Waals surface area (Å²) < 4.78 is 22.5. The van der Waals surface area contributed by atoms with Gasteiger partial charge in [0, 0.05) is 23.6 Å². The zero-order valence-electron chi connectivity index (χ0n) is 10.4. The summed E-state index contributed by atoms with van der Waals surface area (Å²) in [6.45, 7) is 3.40. The molecule has 7 heteroatoms. The lowest BCUT2D eigenvalue weighted by Gasteiger charge is -2.06. The van der Waals surface area contributed by atoms with Crippen LogP contribution in [0.15, 0.2) is 12.1 Å². The molecule has 0 atom stereocenters. The Morgan fingerprint density at radius 3 is 2.67 bits per heavy atom. The fraction of sp³-hybridized carbons (Fsp3) is 0.455. The maximum Gasteiger partial charge on any atom is 0.251 e. The number of amides is 1. The Kier molecular flexibility index (Phi) is 4.66. The molecule has 0 unspecified atom stereocenters. The largest absolute Gasteiger partial charge is 0.384 e. The summed E-state index contributed by atoms with van der Waals surface area (Å²) in [5, 5.41) is 2.54. The van der Waals surface area contributed by atoms with Crippen LogP contribution in [-0.4, -0.2) is 37.4 Å². The van der Waals surface area contributed by atoms with Crippen molar-refractivity contribution >= 4 is 21.6 Å². The minimum Gasteiger partial charge on any atom is -0.384 e. The molecule has 0 aliphatic rings. The van der Waals surface area contributed by atoms with Crippen molar-refractivity contribution < 1.29 is 13.2 Å². The lowest BCUT2D eigenvalue weighted by atomic mass is 10.2. The van der Waals surface area contributed by atoms with Crippen molar-refractivity contribution in [2.75, 3.05) is 23.8 Å². The molecule has 0 aliphatic carbocycles. The number of sulfone groups is 1. The molecule has 0 saturated carbocycles. The molecule has 1 aromatic heterocycles. The van der Waals surface area contributed by atoms with Crippen LogP contribution in [0, 0.1) is 6.92 Å². The number of carbonyl (C=O) groups is 1. The number of hydrogen-bond acceptors (Lipinski definition) is 5. The molecular formula is C11H17N3O3S. The molecule has 0 aromatic carbocycles. The predicted octanol–water partition coefficient (Wildman–Crippen LogP) is 0.137. The van der Waals surface area contributed by atoms with Crippen molar-refractivity contribution in [3.8, 4) is 0 Å². The van der Waals surface area contributed by atoms with Crippen LogP contribution in [0.3, 0.4) is 0 Å². The molecule has 0 bridgehead atoms. The van der Waals surface area contributed by atoms with E-state index in [1.807, 2.05) is 0 Å². The maximum atomic E-state index is 11.7. The van der Waals surface area contributed by atoms with Crippen molar-refractivity contribution in [1.82, 2.24) is 10.3 Å². The summed E-state index contributed by atoms with van der Waals surface area (Å²) in [6.07, 6.45) is 0. The first-order valence-electron chi connectivity index (χ1n) is 5.57. The highest BCUT2D eigenvalue weighted by Crippen LogP contribution is 2.06. The first-order chi connectivity index (χ1) is 8.34. The zero-order chi connectivity index (χ0) is 13.8. The molecule has 6 nitrogen and oxygen atoms in total. The Morgan fingerprint density at radius 2 is 2.11 bits per heavy atom. The minimum atomic E-state index is -3.07. The average Bonchev–Trinajstić information content (AvgIpc) is 2.27. The molecule has 18 heavy (non-hydrogen) atoms. The molecule has 0 spiro atoms. The van der Waals surface area contributed by atoms with E-state index in [0.29, 0.717) is 11.3 Å². The summed E-state index contributed by atoms with van der Waals surface area (Å²) in [6, 6.07) is 3.05. The Morgan fingerprint density at radius 1 is 1.44 bits per heavy atom. The number of nitrogens with two attached hydrogens (primary N) is 1. The molecule has 1 aromatic rings. The van der Waals surface area contributed by atoms with Crippen LogP contribution >= 0.6 is 0 Å². The van der Waals surface area contributed by atoms with Crippen LogP contribution in [0.5, 0.6) is 0 Å². The van der Waals surface area contributed by atoms with E-state index in [-0.39, 0.29) is 29.8 Å². The minimum absolute atomic E-state index is 0.0607. The number of nitrogen functional groups attached to an aromatic ring is 1. The van der Waals surface area contributed by atoms with Crippen molar-refractivity contribution in [3.05, 3.63) is 23.4 Å². The topological polar surface area (TPSA) is 102 Å². The Bertz CT molecular complexity index is 520. The summed E-state index contributed by atoms with van der Waals surface area (Å²) in [5.41, 5.74) is 6.55. The third kappa shape index (κ3) is 4.33. The highest BCUT2D eigenvalue weighted by atomic mass is 32.2. The summed E-state index contributed by atoms with van der Waals surface area (Å²) in [5.74, 6) is -0.0706. The lowest BCUT2D eigenvalue weighted by molar-refractivity contribution is 0.0956. The second kappa shape index (κ2) is 5.81. The standard InChI is InChI=1S/C11H17N3O3S/c1-3-18(16,17)5-4-13-11(15)9-6-8(2)14-10(12)7-9/h6-7H,3-5H2,1-2H3,(H2,12,14)(H,13,15). The lowest BCUT2D eigenvalue weighted by Crippen LogP contribution is -2.29. The second-order valence-electron chi connectivity index (χ2n) is 3.91. The van der Waals surface area contributed by atoms with E-state index < -0.39 is 9.84 Å². The number of nitrogens with zero attached hydrogens (tertiary/aromatic N) is 1. The number of pyridine rings is 1. The molecule has 100 valence electrons. The number of aromatic nitrogens is 1. The van der Waals surface area contributed by atoms with Crippen LogP contribution in [0.2, 0.25) is 0 Å². The molecule has 3 N–H and O–H groups in total. The molecule has 0 fully saturated rings. The van der Waals surface area contributed by atoms with Gasteiger partial charge < -0.3 is 11.1 Å². The summed E-state index contributed by atoms with van der Waals surface area (Å²) in [4.78, 5) is 15.7. The number of carbonyl (C=O) groups excluding carboxylic acids is 1. The number of rotatable bonds is 5. The van der Waals surface area contributed by atoms with Gasteiger partial charge in [-0.2, -0.15) is 0 Å². The Balaban J connectivity index is 2.61. The summed E-state index contributed by atoms with van der Waals surface area (Å²) >= 11 is 0. The fourth-order valence-electron chi connectivity index (χ4n) is 1.39. The van der Waals surface area contributed by atoms with Gasteiger partial charge in [-0.1, -0.05) is 6.92 Å². The van der Waals surface area contributed by atoms with Gasteiger partial charge in [0.1, 0.15) is 5.82 Å². The van der Waals surface area contributed by atoms with Gasteiger partial charge in [-0.25, -0.2) is 13.4 Å². The molecule has 1 rings (SSSR count). The molecule has 0 saturated heterocycles. The third-order valence-corrected chi connectivity index (χ3v) is 4.08. The summed E-state index contributed by atoms with van der Waals surface area (Å²) in [7, 11) is -3.07. The molecular weight excluding hydrogens is 254 g/mol. The smallest absolute Gasteiger partial charge is 0.251 e. The quantitative estimate of drug-likeness (QED) is 0.793. The predicted molar refractivity (Wildman–Crippen MR) is 70.0 cm³/mol. The van der Waals surface area contributed by atoms with Crippen molar-refractivity contribution in [2.24, 2.45) is 0 Å². The number of hydrogen-bond donors (Lipinski definition) is 2. The highest BCUT2D eigenvalue weighted by Gasteiger charge is 2.10. The van der Waals surface area contributed by atoms with E-state index in [1.165, 1.54) is 6.07 Å². The van der Waals surface area contributed by atoms with E-state index in [1.54, 1.807) is 19.9 Å². The van der Waals surface area contributed by atoms with E-state index in [4.69, 9.17) is 5.73 Å². The zero-order valence-corrected chi connectivity index (χ0v) is 11.3. The third-order valence-electron chi connectivity index (χ3n) is 2.37. The molecule has 0 aliphatic heterocycles. The van der Waals surface area contributed by atoms with Gasteiger partial charge in [0.2, 0.25) is 0 Å². The highest BCUT2D eigenvalue weighted by molar-refractivity contribution is 7.91. The normalized spacial score (nSPS) is 11.2. The Labute approximate surface area is 107 Å². The van der Waals surface area contributed by atoms with E-state index in [9.17, 15) is 13.2 Å².